The lowest BCUT2D eigenvalue weighted by molar-refractivity contribution is 0.0752. The highest BCUT2D eigenvalue weighted by Gasteiger charge is 2.30. The molecule has 1 unspecified atom stereocenters. The highest BCUT2D eigenvalue weighted by Crippen LogP contribution is 2.28. The molecule has 118 valence electrons. The molecule has 1 aromatic rings. The van der Waals surface area contributed by atoms with Gasteiger partial charge >= 0.3 is 0 Å². The van der Waals surface area contributed by atoms with E-state index in [-0.39, 0.29) is 17.5 Å². The second-order valence-electron chi connectivity index (χ2n) is 5.09. The van der Waals surface area contributed by atoms with Crippen LogP contribution in [0.4, 0.5) is 0 Å². The summed E-state index contributed by atoms with van der Waals surface area (Å²) >= 11 is 0. The van der Waals surface area contributed by atoms with Crippen molar-refractivity contribution in [3.05, 3.63) is 23.8 Å². The Labute approximate surface area is 125 Å². The van der Waals surface area contributed by atoms with Gasteiger partial charge in [-0.3, -0.25) is 0 Å². The maximum absolute atomic E-state index is 12.9. The molecule has 0 aromatic heterocycles. The molecule has 2 N–H and O–H groups in total. The van der Waals surface area contributed by atoms with Crippen molar-refractivity contribution in [1.29, 1.82) is 0 Å². The van der Waals surface area contributed by atoms with Gasteiger partial charge in [-0.2, -0.15) is 4.31 Å². The van der Waals surface area contributed by atoms with Crippen molar-refractivity contribution in [1.82, 2.24) is 4.31 Å². The van der Waals surface area contributed by atoms with Crippen LogP contribution >= 0.6 is 0 Å². The molecule has 1 aliphatic rings. The van der Waals surface area contributed by atoms with Crippen molar-refractivity contribution < 1.29 is 17.9 Å². The second kappa shape index (κ2) is 6.74. The maximum atomic E-state index is 12.9. The van der Waals surface area contributed by atoms with Gasteiger partial charge in [-0.05, 0) is 31.0 Å². The Morgan fingerprint density at radius 3 is 2.90 bits per heavy atom. The van der Waals surface area contributed by atoms with E-state index in [1.54, 1.807) is 18.2 Å². The van der Waals surface area contributed by atoms with Gasteiger partial charge in [0.05, 0.1) is 13.2 Å². The molecular weight excluding hydrogens is 292 g/mol. The van der Waals surface area contributed by atoms with Crippen LogP contribution < -0.4 is 10.5 Å². The number of nitrogens with zero attached hydrogens (tertiary/aromatic N) is 1. The van der Waals surface area contributed by atoms with Crippen LogP contribution in [0.1, 0.15) is 18.9 Å². The van der Waals surface area contributed by atoms with E-state index in [0.717, 1.165) is 5.56 Å². The van der Waals surface area contributed by atoms with Crippen LogP contribution in [0, 0.1) is 0 Å². The first-order chi connectivity index (χ1) is 9.98. The van der Waals surface area contributed by atoms with E-state index >= 15 is 0 Å². The summed E-state index contributed by atoms with van der Waals surface area (Å²) in [7, 11) is -2.16. The summed E-state index contributed by atoms with van der Waals surface area (Å²) in [6, 6.07) is 5.00. The smallest absolute Gasteiger partial charge is 0.246 e. The van der Waals surface area contributed by atoms with Crippen molar-refractivity contribution in [2.75, 3.05) is 26.8 Å². The molecule has 1 heterocycles. The van der Waals surface area contributed by atoms with Gasteiger partial charge in [0.2, 0.25) is 10.0 Å². The van der Waals surface area contributed by atoms with Crippen molar-refractivity contribution in [2.45, 2.75) is 30.9 Å². The average Bonchev–Trinajstić information content (AvgIpc) is 2.71. The third-order valence-electron chi connectivity index (χ3n) is 3.50. The van der Waals surface area contributed by atoms with E-state index in [1.807, 2.05) is 6.92 Å². The molecule has 7 heteroatoms. The third-order valence-corrected chi connectivity index (χ3v) is 5.38. The number of ether oxygens (including phenoxy) is 2. The monoisotopic (exact) mass is 314 g/mol. The fourth-order valence-corrected chi connectivity index (χ4v) is 4.12. The minimum absolute atomic E-state index is 0.119. The Morgan fingerprint density at radius 1 is 1.48 bits per heavy atom. The number of methoxy groups -OCH3 is 1. The second-order valence-corrected chi connectivity index (χ2v) is 6.99. The summed E-state index contributed by atoms with van der Waals surface area (Å²) in [6.07, 6.45) is 0.564. The normalized spacial score (nSPS) is 21.0. The predicted octanol–water partition coefficient (Wildman–Crippen LogP) is 0.953. The van der Waals surface area contributed by atoms with Gasteiger partial charge in [0.25, 0.3) is 0 Å². The zero-order valence-corrected chi connectivity index (χ0v) is 13.2. The first kappa shape index (κ1) is 16.2. The molecule has 1 aromatic carbocycles. The van der Waals surface area contributed by atoms with Crippen molar-refractivity contribution in [3.8, 4) is 5.75 Å². The Balaban J connectivity index is 2.42. The standard InChI is InChI=1S/C14H22N2O4S/c1-11-10-16(6-3-7-20-11)21(17,18)14-8-12(9-15)4-5-13(14)19-2/h4-5,8,11H,3,6-7,9-10,15H2,1-2H3. The van der Waals surface area contributed by atoms with Crippen LogP contribution in [0.5, 0.6) is 5.75 Å². The van der Waals surface area contributed by atoms with Crippen LogP contribution in [0.2, 0.25) is 0 Å². The largest absolute Gasteiger partial charge is 0.495 e. The molecule has 0 amide bonds. The SMILES string of the molecule is COc1ccc(CN)cc1S(=O)(=O)N1CCCOC(C)C1. The zero-order chi connectivity index (χ0) is 15.5. The molecule has 0 aliphatic carbocycles. The predicted molar refractivity (Wildman–Crippen MR) is 79.7 cm³/mol. The molecule has 0 spiro atoms. The minimum Gasteiger partial charge on any atom is -0.495 e. The van der Waals surface area contributed by atoms with E-state index in [4.69, 9.17) is 15.2 Å². The zero-order valence-electron chi connectivity index (χ0n) is 12.4. The van der Waals surface area contributed by atoms with Crippen LogP contribution in [0.25, 0.3) is 0 Å². The Kier molecular flexibility index (Phi) is 5.21. The first-order valence-electron chi connectivity index (χ1n) is 6.97. The molecule has 1 atom stereocenters. The van der Waals surface area contributed by atoms with Gasteiger partial charge in [-0.15, -0.1) is 0 Å². The molecular formula is C14H22N2O4S. The number of benzene rings is 1. The molecule has 0 saturated carbocycles. The van der Waals surface area contributed by atoms with Gasteiger partial charge in [0.1, 0.15) is 10.6 Å². The van der Waals surface area contributed by atoms with Gasteiger partial charge in [0.15, 0.2) is 0 Å². The number of hydrogen-bond acceptors (Lipinski definition) is 5. The third kappa shape index (κ3) is 3.55. The van der Waals surface area contributed by atoms with Gasteiger partial charge in [0, 0.05) is 26.2 Å². The summed E-state index contributed by atoms with van der Waals surface area (Å²) in [5, 5.41) is 0. The van der Waals surface area contributed by atoms with Crippen LogP contribution in [0.15, 0.2) is 23.1 Å². The molecule has 21 heavy (non-hydrogen) atoms. The fraction of sp³-hybridized carbons (Fsp3) is 0.571. The van der Waals surface area contributed by atoms with Crippen molar-refractivity contribution >= 4 is 10.0 Å². The average molecular weight is 314 g/mol. The van der Waals surface area contributed by atoms with E-state index in [0.29, 0.717) is 31.9 Å². The molecule has 0 bridgehead atoms. The topological polar surface area (TPSA) is 81.9 Å². The fourth-order valence-electron chi connectivity index (χ4n) is 2.36. The van der Waals surface area contributed by atoms with E-state index < -0.39 is 10.0 Å². The van der Waals surface area contributed by atoms with E-state index in [2.05, 4.69) is 0 Å². The van der Waals surface area contributed by atoms with Gasteiger partial charge in [-0.1, -0.05) is 6.07 Å². The van der Waals surface area contributed by atoms with Crippen molar-refractivity contribution in [3.63, 3.8) is 0 Å². The lowest BCUT2D eigenvalue weighted by Gasteiger charge is -2.23. The summed E-state index contributed by atoms with van der Waals surface area (Å²) < 4.78 is 37.9. The van der Waals surface area contributed by atoms with E-state index in [1.165, 1.54) is 11.4 Å². The molecule has 2 rings (SSSR count). The Morgan fingerprint density at radius 2 is 2.24 bits per heavy atom. The lowest BCUT2D eigenvalue weighted by atomic mass is 10.2. The molecule has 1 saturated heterocycles. The van der Waals surface area contributed by atoms with E-state index in [9.17, 15) is 8.42 Å². The van der Waals surface area contributed by atoms with Crippen LogP contribution in [0.3, 0.4) is 0 Å². The van der Waals surface area contributed by atoms with Crippen LogP contribution in [-0.2, 0) is 21.3 Å². The molecule has 6 nitrogen and oxygen atoms in total. The number of rotatable bonds is 4. The molecule has 1 fully saturated rings. The molecule has 0 radical (unpaired) electrons. The van der Waals surface area contributed by atoms with Crippen molar-refractivity contribution in [2.24, 2.45) is 5.73 Å². The molecule has 1 aliphatic heterocycles. The summed E-state index contributed by atoms with van der Waals surface area (Å²) in [5.41, 5.74) is 6.37. The number of nitrogens with two attached hydrogens (primary N) is 1. The minimum atomic E-state index is -3.62. The Hall–Kier alpha value is -1.15. The number of sulfonamides is 1. The van der Waals surface area contributed by atoms with Gasteiger partial charge < -0.3 is 15.2 Å². The Bertz CT molecular complexity index is 589. The highest BCUT2D eigenvalue weighted by atomic mass is 32.2. The van der Waals surface area contributed by atoms with Gasteiger partial charge in [-0.25, -0.2) is 8.42 Å². The summed E-state index contributed by atoms with van der Waals surface area (Å²) in [6.45, 7) is 3.53. The maximum Gasteiger partial charge on any atom is 0.246 e. The highest BCUT2D eigenvalue weighted by molar-refractivity contribution is 7.89. The number of hydrogen-bond donors (Lipinski definition) is 1. The first-order valence-corrected chi connectivity index (χ1v) is 8.41. The quantitative estimate of drug-likeness (QED) is 0.895. The lowest BCUT2D eigenvalue weighted by Crippen LogP contribution is -2.36. The van der Waals surface area contributed by atoms with Crippen LogP contribution in [-0.4, -0.2) is 45.6 Å². The summed E-state index contributed by atoms with van der Waals surface area (Å²) in [4.78, 5) is 0.169. The summed E-state index contributed by atoms with van der Waals surface area (Å²) in [5.74, 6) is 0.338.